The fourth-order valence-corrected chi connectivity index (χ4v) is 3.06. The zero-order valence-corrected chi connectivity index (χ0v) is 14.2. The van der Waals surface area contributed by atoms with Crippen molar-refractivity contribution >= 4 is 28.5 Å². The number of amidine groups is 2. The van der Waals surface area contributed by atoms with Crippen LogP contribution < -0.4 is 0 Å². The second-order valence-corrected chi connectivity index (χ2v) is 6.54. The van der Waals surface area contributed by atoms with Crippen LogP contribution in [0.4, 0.5) is 5.69 Å². The SMILES string of the molecule is CCSC(=NC(=Nc1ccccc1)c1ccccc1)N1CCC1. The van der Waals surface area contributed by atoms with Crippen molar-refractivity contribution in [1.29, 1.82) is 0 Å². The second-order valence-electron chi connectivity index (χ2n) is 5.30. The van der Waals surface area contributed by atoms with Crippen molar-refractivity contribution in [2.24, 2.45) is 9.98 Å². The van der Waals surface area contributed by atoms with E-state index in [1.165, 1.54) is 6.42 Å². The molecule has 1 fully saturated rings. The predicted molar refractivity (Wildman–Crippen MR) is 101 cm³/mol. The highest BCUT2D eigenvalue weighted by molar-refractivity contribution is 8.13. The van der Waals surface area contributed by atoms with E-state index in [4.69, 9.17) is 9.98 Å². The first kappa shape index (κ1) is 15.8. The van der Waals surface area contributed by atoms with Crippen LogP contribution >= 0.6 is 11.8 Å². The first-order chi connectivity index (χ1) is 11.4. The third-order valence-electron chi connectivity index (χ3n) is 3.62. The van der Waals surface area contributed by atoms with Crippen LogP contribution in [-0.2, 0) is 0 Å². The third kappa shape index (κ3) is 4.23. The molecule has 0 radical (unpaired) electrons. The molecule has 0 spiro atoms. The van der Waals surface area contributed by atoms with Crippen LogP contribution in [0, 0.1) is 0 Å². The van der Waals surface area contributed by atoms with Gasteiger partial charge in [0.1, 0.15) is 0 Å². The maximum absolute atomic E-state index is 4.91. The minimum atomic E-state index is 0.777. The van der Waals surface area contributed by atoms with E-state index in [1.807, 2.05) is 48.5 Å². The average Bonchev–Trinajstić information content (AvgIpc) is 2.55. The minimum absolute atomic E-state index is 0.777. The van der Waals surface area contributed by atoms with E-state index in [0.717, 1.165) is 41.1 Å². The van der Waals surface area contributed by atoms with Gasteiger partial charge in [-0.15, -0.1) is 0 Å². The molecule has 0 unspecified atom stereocenters. The standard InChI is InChI=1S/C19H21N3S/c1-2-23-19(22-14-9-15-22)21-18(16-10-5-3-6-11-16)20-17-12-7-4-8-13-17/h3-8,10-13H,2,9,14-15H2,1H3. The van der Waals surface area contributed by atoms with Crippen LogP contribution in [0.3, 0.4) is 0 Å². The number of nitrogens with zero attached hydrogens (tertiary/aromatic N) is 3. The van der Waals surface area contributed by atoms with Gasteiger partial charge < -0.3 is 4.90 Å². The monoisotopic (exact) mass is 323 g/mol. The molecule has 0 atom stereocenters. The molecule has 0 amide bonds. The van der Waals surface area contributed by atoms with Crippen LogP contribution in [0.25, 0.3) is 0 Å². The Morgan fingerprint density at radius 2 is 1.65 bits per heavy atom. The summed E-state index contributed by atoms with van der Waals surface area (Å²) in [6.45, 7) is 4.36. The van der Waals surface area contributed by atoms with Crippen molar-refractivity contribution in [1.82, 2.24) is 4.90 Å². The number of likely N-dealkylation sites (tertiary alicyclic amines) is 1. The summed E-state index contributed by atoms with van der Waals surface area (Å²) in [6, 6.07) is 20.2. The first-order valence-corrected chi connectivity index (χ1v) is 9.01. The zero-order valence-electron chi connectivity index (χ0n) is 13.4. The maximum atomic E-state index is 4.91. The molecule has 2 aromatic rings. The van der Waals surface area contributed by atoms with Crippen LogP contribution in [0.5, 0.6) is 0 Å². The van der Waals surface area contributed by atoms with Crippen molar-refractivity contribution in [3.63, 3.8) is 0 Å². The predicted octanol–water partition coefficient (Wildman–Crippen LogP) is 4.58. The molecule has 3 nitrogen and oxygen atoms in total. The number of para-hydroxylation sites is 1. The maximum Gasteiger partial charge on any atom is 0.166 e. The van der Waals surface area contributed by atoms with E-state index in [0.29, 0.717) is 0 Å². The Hall–Kier alpha value is -2.07. The van der Waals surface area contributed by atoms with Crippen molar-refractivity contribution in [3.8, 4) is 0 Å². The molecule has 1 aliphatic rings. The number of rotatable bonds is 3. The highest BCUT2D eigenvalue weighted by Gasteiger charge is 2.19. The Morgan fingerprint density at radius 1 is 1.00 bits per heavy atom. The molecule has 3 rings (SSSR count). The van der Waals surface area contributed by atoms with Crippen molar-refractivity contribution in [2.45, 2.75) is 13.3 Å². The Morgan fingerprint density at radius 3 is 2.22 bits per heavy atom. The lowest BCUT2D eigenvalue weighted by molar-refractivity contribution is 0.306. The molecule has 1 aliphatic heterocycles. The van der Waals surface area contributed by atoms with E-state index < -0.39 is 0 Å². The molecule has 0 aliphatic carbocycles. The Kier molecular flexibility index (Phi) is 5.48. The largest absolute Gasteiger partial charge is 0.351 e. The summed E-state index contributed by atoms with van der Waals surface area (Å²) in [5, 5.41) is 1.08. The van der Waals surface area contributed by atoms with Crippen molar-refractivity contribution in [3.05, 3.63) is 66.2 Å². The molecule has 118 valence electrons. The summed E-state index contributed by atoms with van der Waals surface area (Å²) < 4.78 is 0. The molecule has 23 heavy (non-hydrogen) atoms. The molecule has 1 heterocycles. The van der Waals surface area contributed by atoms with Gasteiger partial charge in [-0.2, -0.15) is 0 Å². The quantitative estimate of drug-likeness (QED) is 0.611. The topological polar surface area (TPSA) is 28.0 Å². The molecule has 0 saturated carbocycles. The van der Waals surface area contributed by atoms with E-state index in [-0.39, 0.29) is 0 Å². The van der Waals surface area contributed by atoms with Gasteiger partial charge in [0.2, 0.25) is 0 Å². The lowest BCUT2D eigenvalue weighted by Gasteiger charge is -2.33. The Bertz CT molecular complexity index is 676. The summed E-state index contributed by atoms with van der Waals surface area (Å²) in [7, 11) is 0. The molecule has 0 aromatic heterocycles. The number of thioether (sulfide) groups is 1. The lowest BCUT2D eigenvalue weighted by Crippen LogP contribution is -2.41. The molecule has 2 aromatic carbocycles. The number of aliphatic imine (C=N–C) groups is 2. The zero-order chi connectivity index (χ0) is 15.9. The van der Waals surface area contributed by atoms with Gasteiger partial charge >= 0.3 is 0 Å². The summed E-state index contributed by atoms with van der Waals surface area (Å²) >= 11 is 1.79. The summed E-state index contributed by atoms with van der Waals surface area (Å²) in [5.74, 6) is 1.79. The fourth-order valence-electron chi connectivity index (χ4n) is 2.29. The number of benzene rings is 2. The lowest BCUT2D eigenvalue weighted by atomic mass is 10.2. The summed E-state index contributed by atoms with van der Waals surface area (Å²) in [4.78, 5) is 12.0. The van der Waals surface area contributed by atoms with E-state index >= 15 is 0 Å². The van der Waals surface area contributed by atoms with Crippen LogP contribution in [0.2, 0.25) is 0 Å². The van der Waals surface area contributed by atoms with Gasteiger partial charge in [0.25, 0.3) is 0 Å². The van der Waals surface area contributed by atoms with Gasteiger partial charge in [-0.25, -0.2) is 9.98 Å². The van der Waals surface area contributed by atoms with Crippen LogP contribution in [0.1, 0.15) is 18.9 Å². The average molecular weight is 323 g/mol. The van der Waals surface area contributed by atoms with Crippen LogP contribution in [0.15, 0.2) is 70.6 Å². The molecular weight excluding hydrogens is 302 g/mol. The van der Waals surface area contributed by atoms with Gasteiger partial charge in [-0.1, -0.05) is 67.2 Å². The number of hydrogen-bond acceptors (Lipinski definition) is 2. The van der Waals surface area contributed by atoms with Crippen molar-refractivity contribution in [2.75, 3.05) is 18.8 Å². The van der Waals surface area contributed by atoms with E-state index in [1.54, 1.807) is 11.8 Å². The second kappa shape index (κ2) is 7.97. The Labute approximate surface area is 142 Å². The van der Waals surface area contributed by atoms with Crippen molar-refractivity contribution < 1.29 is 0 Å². The van der Waals surface area contributed by atoms with E-state index in [2.05, 4.69) is 24.0 Å². The highest BCUT2D eigenvalue weighted by Crippen LogP contribution is 2.19. The van der Waals surface area contributed by atoms with Crippen LogP contribution in [-0.4, -0.2) is 34.7 Å². The molecular formula is C19H21N3S. The Balaban J connectivity index is 1.99. The summed E-state index contributed by atoms with van der Waals surface area (Å²) in [6.07, 6.45) is 1.25. The normalized spacial score (nSPS) is 15.4. The molecule has 0 bridgehead atoms. The molecule has 4 heteroatoms. The first-order valence-electron chi connectivity index (χ1n) is 8.02. The highest BCUT2D eigenvalue weighted by atomic mass is 32.2. The van der Waals surface area contributed by atoms with Gasteiger partial charge in [-0.3, -0.25) is 0 Å². The number of hydrogen-bond donors (Lipinski definition) is 0. The van der Waals surface area contributed by atoms with Gasteiger partial charge in [0, 0.05) is 18.7 Å². The van der Waals surface area contributed by atoms with Gasteiger partial charge in [-0.05, 0) is 24.3 Å². The van der Waals surface area contributed by atoms with E-state index in [9.17, 15) is 0 Å². The fraction of sp³-hybridized carbons (Fsp3) is 0.263. The molecule has 1 saturated heterocycles. The third-order valence-corrected chi connectivity index (χ3v) is 4.52. The smallest absolute Gasteiger partial charge is 0.166 e. The minimum Gasteiger partial charge on any atom is -0.351 e. The van der Waals surface area contributed by atoms with Gasteiger partial charge in [0.05, 0.1) is 5.69 Å². The molecule has 0 N–H and O–H groups in total. The summed E-state index contributed by atoms with van der Waals surface area (Å²) in [5.41, 5.74) is 1.98. The van der Waals surface area contributed by atoms with Gasteiger partial charge in [0.15, 0.2) is 11.0 Å².